The standard InChI is InChI=1S/C26H28N4O3/c1-26(2)22(18-7-4-3-5-8-18)30(25(32)33-26)20-11-9-17(10-12-20)19-15-21(24(31)29-16-19)23-27-13-6-14-28-23/h3-8,13-17,20,22H,9-12H2,1-2H3,(H,29,31)/t17-,20-,22-/m0/s1. The van der Waals surface area contributed by atoms with E-state index in [0.29, 0.717) is 17.3 Å². The molecular formula is C26H28N4O3. The zero-order valence-corrected chi connectivity index (χ0v) is 18.9. The number of amides is 1. The number of benzene rings is 1. The Kier molecular flexibility index (Phi) is 5.48. The van der Waals surface area contributed by atoms with Gasteiger partial charge in [0.15, 0.2) is 5.82 Å². The van der Waals surface area contributed by atoms with E-state index in [4.69, 9.17) is 4.74 Å². The third-order valence-corrected chi connectivity index (χ3v) is 6.91. The largest absolute Gasteiger partial charge is 0.441 e. The summed E-state index contributed by atoms with van der Waals surface area (Å²) in [6.45, 7) is 3.98. The van der Waals surface area contributed by atoms with Crippen molar-refractivity contribution < 1.29 is 9.53 Å². The number of nitrogens with zero attached hydrogens (tertiary/aromatic N) is 3. The number of carbonyl (C=O) groups is 1. The first-order chi connectivity index (χ1) is 15.9. The molecule has 1 amide bonds. The van der Waals surface area contributed by atoms with E-state index in [1.165, 1.54) is 0 Å². The third-order valence-electron chi connectivity index (χ3n) is 6.91. The van der Waals surface area contributed by atoms with Crippen molar-refractivity contribution in [3.8, 4) is 11.4 Å². The lowest BCUT2D eigenvalue weighted by molar-refractivity contribution is 0.0664. The Balaban J connectivity index is 1.35. The number of carbonyl (C=O) groups excluding carboxylic acids is 1. The monoisotopic (exact) mass is 444 g/mol. The van der Waals surface area contributed by atoms with Crippen molar-refractivity contribution in [3.05, 3.63) is 82.5 Å². The normalized spacial score (nSPS) is 24.5. The summed E-state index contributed by atoms with van der Waals surface area (Å²) >= 11 is 0. The summed E-state index contributed by atoms with van der Waals surface area (Å²) in [7, 11) is 0. The Morgan fingerprint density at radius 2 is 1.67 bits per heavy atom. The van der Waals surface area contributed by atoms with Gasteiger partial charge in [-0.3, -0.25) is 9.69 Å². The third kappa shape index (κ3) is 4.03. The quantitative estimate of drug-likeness (QED) is 0.623. The lowest BCUT2D eigenvalue weighted by atomic mass is 9.80. The smallest absolute Gasteiger partial charge is 0.411 e. The second-order valence-corrected chi connectivity index (χ2v) is 9.45. The molecule has 0 unspecified atom stereocenters. The fourth-order valence-electron chi connectivity index (χ4n) is 5.36. The number of rotatable bonds is 4. The molecule has 1 aliphatic carbocycles. The van der Waals surface area contributed by atoms with Crippen LogP contribution in [0.5, 0.6) is 0 Å². The van der Waals surface area contributed by atoms with Gasteiger partial charge in [0.1, 0.15) is 5.60 Å². The van der Waals surface area contributed by atoms with E-state index in [1.54, 1.807) is 24.7 Å². The molecule has 0 radical (unpaired) electrons. The lowest BCUT2D eigenvalue weighted by Gasteiger charge is -2.38. The van der Waals surface area contributed by atoms with E-state index in [0.717, 1.165) is 36.8 Å². The fraction of sp³-hybridized carbons (Fsp3) is 0.385. The number of nitrogens with one attached hydrogen (secondary N) is 1. The van der Waals surface area contributed by atoms with Gasteiger partial charge < -0.3 is 9.72 Å². The topological polar surface area (TPSA) is 88.2 Å². The Hall–Kier alpha value is -3.48. The van der Waals surface area contributed by atoms with Gasteiger partial charge in [-0.25, -0.2) is 14.8 Å². The first-order valence-corrected chi connectivity index (χ1v) is 11.5. The molecule has 1 saturated heterocycles. The Morgan fingerprint density at radius 3 is 2.36 bits per heavy atom. The minimum atomic E-state index is -0.585. The van der Waals surface area contributed by atoms with Gasteiger partial charge in [0, 0.05) is 24.6 Å². The van der Waals surface area contributed by atoms with Crippen LogP contribution >= 0.6 is 0 Å². The van der Waals surface area contributed by atoms with E-state index < -0.39 is 5.60 Å². The molecule has 33 heavy (non-hydrogen) atoms. The number of hydrogen-bond donors (Lipinski definition) is 1. The number of ether oxygens (including phenoxy) is 1. The number of aromatic amines is 1. The number of H-pyrrole nitrogens is 1. The van der Waals surface area contributed by atoms with E-state index in [-0.39, 0.29) is 23.7 Å². The van der Waals surface area contributed by atoms with Crippen LogP contribution in [0, 0.1) is 0 Å². The van der Waals surface area contributed by atoms with Crippen LogP contribution in [0.1, 0.15) is 62.6 Å². The van der Waals surface area contributed by atoms with Crippen LogP contribution < -0.4 is 5.56 Å². The summed E-state index contributed by atoms with van der Waals surface area (Å²) in [6, 6.07) is 13.8. The number of hydrogen-bond acceptors (Lipinski definition) is 5. The van der Waals surface area contributed by atoms with E-state index in [9.17, 15) is 9.59 Å². The van der Waals surface area contributed by atoms with Gasteiger partial charge in [-0.2, -0.15) is 0 Å². The molecule has 1 N–H and O–H groups in total. The summed E-state index contributed by atoms with van der Waals surface area (Å²) in [5.74, 6) is 0.740. The minimum Gasteiger partial charge on any atom is -0.441 e. The maximum absolute atomic E-state index is 12.9. The molecular weight excluding hydrogens is 416 g/mol. The molecule has 3 aromatic rings. The van der Waals surface area contributed by atoms with Crippen molar-refractivity contribution in [3.63, 3.8) is 0 Å². The summed E-state index contributed by atoms with van der Waals surface area (Å²) in [5.41, 5.74) is 1.90. The Labute approximate surface area is 192 Å². The maximum Gasteiger partial charge on any atom is 0.411 e. The molecule has 170 valence electrons. The van der Waals surface area contributed by atoms with Gasteiger partial charge in [0.05, 0.1) is 11.6 Å². The van der Waals surface area contributed by atoms with Crippen LogP contribution in [-0.4, -0.2) is 37.6 Å². The van der Waals surface area contributed by atoms with E-state index in [1.807, 2.05) is 43.0 Å². The van der Waals surface area contributed by atoms with Gasteiger partial charge in [-0.05, 0) is 68.7 Å². The number of pyridine rings is 1. The molecule has 1 atom stereocenters. The fourth-order valence-corrected chi connectivity index (χ4v) is 5.36. The molecule has 3 heterocycles. The Morgan fingerprint density at radius 1 is 0.970 bits per heavy atom. The number of aromatic nitrogens is 3. The van der Waals surface area contributed by atoms with Crippen molar-refractivity contribution in [2.45, 2.75) is 63.1 Å². The number of cyclic esters (lactones) is 1. The lowest BCUT2D eigenvalue weighted by Crippen LogP contribution is -2.42. The average Bonchev–Trinajstić information content (AvgIpc) is 3.08. The van der Waals surface area contributed by atoms with Crippen LogP contribution in [-0.2, 0) is 4.74 Å². The maximum atomic E-state index is 12.9. The molecule has 7 nitrogen and oxygen atoms in total. The van der Waals surface area contributed by atoms with Crippen molar-refractivity contribution in [1.82, 2.24) is 19.9 Å². The van der Waals surface area contributed by atoms with Crippen LogP contribution in [0.25, 0.3) is 11.4 Å². The summed E-state index contributed by atoms with van der Waals surface area (Å²) in [5, 5.41) is 0. The molecule has 1 aliphatic heterocycles. The van der Waals surface area contributed by atoms with Crippen molar-refractivity contribution in [1.29, 1.82) is 0 Å². The van der Waals surface area contributed by atoms with Gasteiger partial charge in [0.2, 0.25) is 0 Å². The first kappa shape index (κ1) is 21.4. The zero-order chi connectivity index (χ0) is 23.0. The molecule has 0 spiro atoms. The van der Waals surface area contributed by atoms with Gasteiger partial charge in [0.25, 0.3) is 5.56 Å². The SMILES string of the molecule is CC1(C)OC(=O)N([C@H]2CC[C@H](c3c[nH]c(=O)c(-c4ncccn4)c3)CC2)[C@H]1c1ccccc1. The van der Waals surface area contributed by atoms with E-state index >= 15 is 0 Å². The van der Waals surface area contributed by atoms with Crippen molar-refractivity contribution in [2.75, 3.05) is 0 Å². The predicted molar refractivity (Wildman–Crippen MR) is 125 cm³/mol. The van der Waals surface area contributed by atoms with Crippen LogP contribution in [0.4, 0.5) is 4.79 Å². The van der Waals surface area contributed by atoms with Crippen LogP contribution in [0.3, 0.4) is 0 Å². The molecule has 2 fully saturated rings. The molecule has 5 rings (SSSR count). The molecule has 1 saturated carbocycles. The second-order valence-electron chi connectivity index (χ2n) is 9.45. The van der Waals surface area contributed by atoms with Crippen molar-refractivity contribution >= 4 is 6.09 Å². The molecule has 1 aromatic carbocycles. The molecule has 7 heteroatoms. The first-order valence-electron chi connectivity index (χ1n) is 11.5. The second kappa shape index (κ2) is 8.46. The zero-order valence-electron chi connectivity index (χ0n) is 18.9. The van der Waals surface area contributed by atoms with Gasteiger partial charge in [-0.1, -0.05) is 30.3 Å². The molecule has 2 aliphatic rings. The Bertz CT molecular complexity index is 1180. The van der Waals surface area contributed by atoms with Crippen molar-refractivity contribution in [2.24, 2.45) is 0 Å². The highest BCUT2D eigenvalue weighted by Gasteiger charge is 2.51. The average molecular weight is 445 g/mol. The highest BCUT2D eigenvalue weighted by molar-refractivity contribution is 5.72. The van der Waals surface area contributed by atoms with Gasteiger partial charge >= 0.3 is 6.09 Å². The van der Waals surface area contributed by atoms with Crippen LogP contribution in [0.2, 0.25) is 0 Å². The summed E-state index contributed by atoms with van der Waals surface area (Å²) in [6.07, 6.45) is 8.48. The molecule has 2 aromatic heterocycles. The van der Waals surface area contributed by atoms with Crippen LogP contribution in [0.15, 0.2) is 65.8 Å². The molecule has 0 bridgehead atoms. The predicted octanol–water partition coefficient (Wildman–Crippen LogP) is 4.83. The highest BCUT2D eigenvalue weighted by Crippen LogP contribution is 2.46. The van der Waals surface area contributed by atoms with Gasteiger partial charge in [-0.15, -0.1) is 0 Å². The summed E-state index contributed by atoms with van der Waals surface area (Å²) < 4.78 is 5.80. The minimum absolute atomic E-state index is 0.109. The summed E-state index contributed by atoms with van der Waals surface area (Å²) in [4.78, 5) is 38.5. The highest BCUT2D eigenvalue weighted by atomic mass is 16.6. The van der Waals surface area contributed by atoms with E-state index in [2.05, 4.69) is 27.1 Å².